The van der Waals surface area contributed by atoms with E-state index in [4.69, 9.17) is 0 Å². The zero-order valence-corrected chi connectivity index (χ0v) is 22.0. The molecule has 6 nitrogen and oxygen atoms in total. The van der Waals surface area contributed by atoms with Gasteiger partial charge < -0.3 is 20.3 Å². The maximum absolute atomic E-state index is 12.3. The first-order valence-corrected chi connectivity index (χ1v) is 13.4. The second-order valence-corrected chi connectivity index (χ2v) is 10.0. The molecule has 7 rings (SSSR count). The highest BCUT2D eigenvalue weighted by atomic mass is 16.4. The molecule has 4 N–H and O–H groups in total. The molecule has 0 fully saturated rings. The number of hydrogen-bond acceptors (Lipinski definition) is 4. The molecule has 5 aromatic carbocycles. The number of nitrogens with one attached hydrogen (secondary N) is 3. The van der Waals surface area contributed by atoms with Crippen molar-refractivity contribution in [3.8, 4) is 0 Å². The standard InChI is InChI=1S/C35H26N4O2/c36-32(27-16-9-15-25-24-13-4-6-18-29(24)38-33(25)27)26-14-5-7-19-30(26)37-31-21-20-22-10-8-17-28(35(40)41)34(22)39(31)23-11-2-1-3-12-23/h1-21,31,36-38H,(H,40,41). The van der Waals surface area contributed by atoms with Crippen LogP contribution in [-0.2, 0) is 0 Å². The Morgan fingerprint density at radius 3 is 2.29 bits per heavy atom. The van der Waals surface area contributed by atoms with Crippen LogP contribution in [-0.4, -0.2) is 27.9 Å². The number of H-pyrrole nitrogens is 1. The Bertz CT molecular complexity index is 1990. The fraction of sp³-hybridized carbons (Fsp3) is 0.0286. The smallest absolute Gasteiger partial charge is 0.337 e. The number of carbonyl (C=O) groups is 1. The van der Waals surface area contributed by atoms with E-state index in [0.717, 1.165) is 49.9 Å². The number of aromatic amines is 1. The van der Waals surface area contributed by atoms with Crippen LogP contribution in [0, 0.1) is 5.41 Å². The molecule has 198 valence electrons. The van der Waals surface area contributed by atoms with E-state index in [1.165, 1.54) is 0 Å². The third kappa shape index (κ3) is 4.13. The van der Waals surface area contributed by atoms with E-state index in [1.54, 1.807) is 12.1 Å². The van der Waals surface area contributed by atoms with Gasteiger partial charge in [-0.1, -0.05) is 91.0 Å². The second kappa shape index (κ2) is 9.84. The first-order valence-electron chi connectivity index (χ1n) is 13.4. The molecule has 0 amide bonds. The molecule has 0 saturated heterocycles. The van der Waals surface area contributed by atoms with Crippen molar-refractivity contribution in [1.29, 1.82) is 5.41 Å². The molecule has 6 aromatic rings. The fourth-order valence-electron chi connectivity index (χ4n) is 5.76. The van der Waals surface area contributed by atoms with E-state index in [2.05, 4.69) is 28.5 Å². The number of carboxylic acids is 1. The highest BCUT2D eigenvalue weighted by Gasteiger charge is 2.29. The van der Waals surface area contributed by atoms with Gasteiger partial charge in [0.2, 0.25) is 0 Å². The van der Waals surface area contributed by atoms with Crippen LogP contribution in [0.3, 0.4) is 0 Å². The van der Waals surface area contributed by atoms with Crippen LogP contribution in [0.2, 0.25) is 0 Å². The molecule has 1 unspecified atom stereocenters. The van der Waals surface area contributed by atoms with Gasteiger partial charge in [-0.05, 0) is 42.0 Å². The molecular weight excluding hydrogens is 508 g/mol. The van der Waals surface area contributed by atoms with Crippen LogP contribution in [0.25, 0.3) is 27.9 Å². The Balaban J connectivity index is 1.32. The monoisotopic (exact) mass is 534 g/mol. The minimum Gasteiger partial charge on any atom is -0.478 e. The molecule has 0 bridgehead atoms. The molecule has 41 heavy (non-hydrogen) atoms. The van der Waals surface area contributed by atoms with Crippen LogP contribution in [0.1, 0.15) is 27.0 Å². The highest BCUT2D eigenvalue weighted by molar-refractivity contribution is 6.22. The van der Waals surface area contributed by atoms with Gasteiger partial charge in [0.1, 0.15) is 6.17 Å². The van der Waals surface area contributed by atoms with Crippen molar-refractivity contribution in [3.05, 3.63) is 144 Å². The topological polar surface area (TPSA) is 92.2 Å². The Kier molecular flexibility index (Phi) is 5.86. The summed E-state index contributed by atoms with van der Waals surface area (Å²) in [4.78, 5) is 17.8. The van der Waals surface area contributed by atoms with E-state index in [-0.39, 0.29) is 5.56 Å². The number of aromatic carboxylic acids is 1. The largest absolute Gasteiger partial charge is 0.478 e. The SMILES string of the molecule is N=C(c1ccccc1NC1C=Cc2cccc(C(=O)O)c2N1c1ccccc1)c1cccc2c1[nH]c1ccccc12. The van der Waals surface area contributed by atoms with Crippen LogP contribution in [0.15, 0.2) is 121 Å². The number of benzene rings is 5. The first kappa shape index (κ1) is 24.4. The highest BCUT2D eigenvalue weighted by Crippen LogP contribution is 2.39. The van der Waals surface area contributed by atoms with Gasteiger partial charge in [-0.2, -0.15) is 0 Å². The Hall–Kier alpha value is -5.62. The molecule has 2 heterocycles. The van der Waals surface area contributed by atoms with Gasteiger partial charge in [-0.25, -0.2) is 4.79 Å². The Morgan fingerprint density at radius 1 is 0.756 bits per heavy atom. The molecule has 0 saturated carbocycles. The zero-order chi connectivity index (χ0) is 27.9. The maximum atomic E-state index is 12.3. The Labute approximate surface area is 236 Å². The number of para-hydroxylation sites is 5. The number of hydrogen-bond donors (Lipinski definition) is 4. The molecule has 1 atom stereocenters. The van der Waals surface area contributed by atoms with Crippen molar-refractivity contribution in [2.75, 3.05) is 10.2 Å². The molecule has 6 heteroatoms. The lowest BCUT2D eigenvalue weighted by molar-refractivity contribution is 0.0697. The first-order chi connectivity index (χ1) is 20.1. The predicted octanol–water partition coefficient (Wildman–Crippen LogP) is 8.04. The van der Waals surface area contributed by atoms with E-state index < -0.39 is 12.1 Å². The minimum atomic E-state index is -0.981. The summed E-state index contributed by atoms with van der Waals surface area (Å²) >= 11 is 0. The average molecular weight is 535 g/mol. The third-order valence-corrected chi connectivity index (χ3v) is 7.62. The van der Waals surface area contributed by atoms with Crippen LogP contribution in [0.4, 0.5) is 17.1 Å². The molecule has 1 aliphatic heterocycles. The lowest BCUT2D eigenvalue weighted by Crippen LogP contribution is -2.39. The quantitative estimate of drug-likeness (QED) is 0.163. The summed E-state index contributed by atoms with van der Waals surface area (Å²) < 4.78 is 0. The number of nitrogens with zero attached hydrogens (tertiary/aromatic N) is 1. The van der Waals surface area contributed by atoms with Gasteiger partial charge in [-0.15, -0.1) is 0 Å². The summed E-state index contributed by atoms with van der Waals surface area (Å²) in [7, 11) is 0. The number of fused-ring (bicyclic) bond motifs is 4. The fourth-order valence-corrected chi connectivity index (χ4v) is 5.76. The van der Waals surface area contributed by atoms with E-state index >= 15 is 0 Å². The molecule has 1 aromatic heterocycles. The second-order valence-electron chi connectivity index (χ2n) is 10.0. The Morgan fingerprint density at radius 2 is 1.44 bits per heavy atom. The van der Waals surface area contributed by atoms with Crippen molar-refractivity contribution in [1.82, 2.24) is 4.98 Å². The number of aromatic nitrogens is 1. The van der Waals surface area contributed by atoms with Crippen molar-refractivity contribution >= 4 is 56.6 Å². The lowest BCUT2D eigenvalue weighted by Gasteiger charge is -2.37. The number of carboxylic acid groups (broad SMARTS) is 1. The zero-order valence-electron chi connectivity index (χ0n) is 22.0. The summed E-state index contributed by atoms with van der Waals surface area (Å²) in [5.74, 6) is -0.981. The normalized spacial score (nSPS) is 14.2. The molecular formula is C35H26N4O2. The molecule has 1 aliphatic rings. The molecule has 0 spiro atoms. The van der Waals surface area contributed by atoms with Gasteiger partial charge in [0.25, 0.3) is 0 Å². The van der Waals surface area contributed by atoms with Crippen molar-refractivity contribution < 1.29 is 9.90 Å². The summed E-state index contributed by atoms with van der Waals surface area (Å²) in [5.41, 5.74) is 7.24. The van der Waals surface area contributed by atoms with Crippen LogP contribution >= 0.6 is 0 Å². The van der Waals surface area contributed by atoms with Crippen molar-refractivity contribution in [2.24, 2.45) is 0 Å². The van der Waals surface area contributed by atoms with Gasteiger partial charge in [-0.3, -0.25) is 5.41 Å². The molecule has 0 radical (unpaired) electrons. The average Bonchev–Trinajstić information content (AvgIpc) is 3.40. The van der Waals surface area contributed by atoms with Gasteiger partial charge in [0, 0.05) is 38.8 Å². The van der Waals surface area contributed by atoms with Crippen LogP contribution < -0.4 is 10.2 Å². The van der Waals surface area contributed by atoms with E-state index in [1.807, 2.05) is 102 Å². The van der Waals surface area contributed by atoms with Gasteiger partial charge >= 0.3 is 5.97 Å². The van der Waals surface area contributed by atoms with Crippen molar-refractivity contribution in [3.63, 3.8) is 0 Å². The van der Waals surface area contributed by atoms with Gasteiger partial charge in [0.05, 0.1) is 22.5 Å². The summed E-state index contributed by atoms with van der Waals surface area (Å²) in [6.45, 7) is 0. The lowest BCUT2D eigenvalue weighted by atomic mass is 9.97. The third-order valence-electron chi connectivity index (χ3n) is 7.62. The minimum absolute atomic E-state index is 0.231. The van der Waals surface area contributed by atoms with E-state index in [0.29, 0.717) is 11.4 Å². The van der Waals surface area contributed by atoms with E-state index in [9.17, 15) is 15.3 Å². The number of rotatable bonds is 6. The van der Waals surface area contributed by atoms with Crippen LogP contribution in [0.5, 0.6) is 0 Å². The predicted molar refractivity (Wildman–Crippen MR) is 167 cm³/mol. The maximum Gasteiger partial charge on any atom is 0.337 e. The summed E-state index contributed by atoms with van der Waals surface area (Å²) in [5, 5.41) is 25.2. The number of anilines is 3. The van der Waals surface area contributed by atoms with Crippen molar-refractivity contribution in [2.45, 2.75) is 6.17 Å². The summed E-state index contributed by atoms with van der Waals surface area (Å²) in [6, 6.07) is 37.1. The van der Waals surface area contributed by atoms with Gasteiger partial charge in [0.15, 0.2) is 0 Å². The summed E-state index contributed by atoms with van der Waals surface area (Å²) in [6.07, 6.45) is 3.58. The molecule has 0 aliphatic carbocycles.